The van der Waals surface area contributed by atoms with Gasteiger partial charge in [0.15, 0.2) is 0 Å². The highest BCUT2D eigenvalue weighted by molar-refractivity contribution is 6.12. The minimum absolute atomic E-state index is 0.228. The highest BCUT2D eigenvalue weighted by atomic mass is 16.6. The fourth-order valence-electron chi connectivity index (χ4n) is 5.06. The van der Waals surface area contributed by atoms with E-state index in [0.29, 0.717) is 0 Å². The molecule has 0 radical (unpaired) electrons. The lowest BCUT2D eigenvalue weighted by Gasteiger charge is -2.23. The van der Waals surface area contributed by atoms with Crippen molar-refractivity contribution in [3.8, 4) is 0 Å². The first kappa shape index (κ1) is 24.1. The first-order chi connectivity index (χ1) is 15.1. The second-order valence-corrected chi connectivity index (χ2v) is 9.58. The topological polar surface area (TPSA) is 78.9 Å². The standard InChI is InChI=1S/C25H40O6/c26-23(29-19-13-7-1-2-8-14-19)22(24(27)30-20-15-9-3-4-10-16-20)25(28)31-21-17-11-5-6-12-18-21/h19-22H,1-18H2. The molecule has 3 saturated carbocycles. The molecule has 0 heterocycles. The first-order valence-corrected chi connectivity index (χ1v) is 12.7. The van der Waals surface area contributed by atoms with Crippen molar-refractivity contribution in [2.45, 2.75) is 134 Å². The van der Waals surface area contributed by atoms with Gasteiger partial charge in [-0.15, -0.1) is 0 Å². The molecule has 3 rings (SSSR count). The van der Waals surface area contributed by atoms with Gasteiger partial charge in [0.05, 0.1) is 0 Å². The average Bonchev–Trinajstić information content (AvgIpc) is 3.24. The van der Waals surface area contributed by atoms with E-state index in [9.17, 15) is 14.4 Å². The summed E-state index contributed by atoms with van der Waals surface area (Å²) in [6.07, 6.45) is 16.8. The molecule has 6 heteroatoms. The van der Waals surface area contributed by atoms with E-state index in [4.69, 9.17) is 14.2 Å². The average molecular weight is 437 g/mol. The summed E-state index contributed by atoms with van der Waals surface area (Å²) in [7, 11) is 0. The van der Waals surface area contributed by atoms with Crippen molar-refractivity contribution in [1.82, 2.24) is 0 Å². The summed E-state index contributed by atoms with van der Waals surface area (Å²) in [5.41, 5.74) is 0. The van der Waals surface area contributed by atoms with Crippen molar-refractivity contribution >= 4 is 17.9 Å². The van der Waals surface area contributed by atoms with Crippen molar-refractivity contribution in [2.24, 2.45) is 5.92 Å². The van der Waals surface area contributed by atoms with E-state index < -0.39 is 23.8 Å². The molecule has 0 aliphatic heterocycles. The Labute approximate surface area is 186 Å². The molecule has 3 aliphatic carbocycles. The van der Waals surface area contributed by atoms with E-state index in [0.717, 1.165) is 116 Å². The van der Waals surface area contributed by atoms with Crippen LogP contribution < -0.4 is 0 Å². The molecule has 0 spiro atoms. The maximum atomic E-state index is 13.0. The Balaban J connectivity index is 1.65. The molecule has 0 bridgehead atoms. The molecule has 3 aliphatic rings. The van der Waals surface area contributed by atoms with Crippen molar-refractivity contribution in [2.75, 3.05) is 0 Å². The lowest BCUT2D eigenvalue weighted by Crippen LogP contribution is -2.40. The SMILES string of the molecule is O=C(OC1CCCCCC1)C(C(=O)OC1CCCCCC1)C(=O)OC1CCCCCC1. The minimum Gasteiger partial charge on any atom is -0.461 e. The van der Waals surface area contributed by atoms with Crippen LogP contribution in [0.2, 0.25) is 0 Å². The van der Waals surface area contributed by atoms with E-state index in [1.807, 2.05) is 0 Å². The predicted molar refractivity (Wildman–Crippen MR) is 116 cm³/mol. The van der Waals surface area contributed by atoms with Crippen LogP contribution in [0.25, 0.3) is 0 Å². The van der Waals surface area contributed by atoms with Crippen LogP contribution in [-0.2, 0) is 28.6 Å². The quantitative estimate of drug-likeness (QED) is 0.240. The lowest BCUT2D eigenvalue weighted by atomic mass is 10.1. The van der Waals surface area contributed by atoms with E-state index in [2.05, 4.69) is 0 Å². The van der Waals surface area contributed by atoms with Crippen molar-refractivity contribution < 1.29 is 28.6 Å². The van der Waals surface area contributed by atoms with Crippen LogP contribution in [0.15, 0.2) is 0 Å². The molecule has 0 amide bonds. The highest BCUT2D eigenvalue weighted by Crippen LogP contribution is 2.25. The lowest BCUT2D eigenvalue weighted by molar-refractivity contribution is -0.179. The largest absolute Gasteiger partial charge is 0.461 e. The first-order valence-electron chi connectivity index (χ1n) is 12.7. The van der Waals surface area contributed by atoms with Crippen LogP contribution in [-0.4, -0.2) is 36.2 Å². The molecule has 3 fully saturated rings. The monoisotopic (exact) mass is 436 g/mol. The smallest absolute Gasteiger partial charge is 0.332 e. The van der Waals surface area contributed by atoms with Gasteiger partial charge in [0.2, 0.25) is 0 Å². The number of hydrogen-bond acceptors (Lipinski definition) is 6. The Hall–Kier alpha value is -1.59. The van der Waals surface area contributed by atoms with E-state index in [1.54, 1.807) is 0 Å². The molecule has 0 atom stereocenters. The zero-order valence-corrected chi connectivity index (χ0v) is 19.0. The van der Waals surface area contributed by atoms with Gasteiger partial charge in [0.25, 0.3) is 5.92 Å². The van der Waals surface area contributed by atoms with Crippen molar-refractivity contribution in [1.29, 1.82) is 0 Å². The second-order valence-electron chi connectivity index (χ2n) is 9.58. The highest BCUT2D eigenvalue weighted by Gasteiger charge is 2.42. The number of ether oxygens (including phenoxy) is 3. The van der Waals surface area contributed by atoms with Crippen molar-refractivity contribution in [3.05, 3.63) is 0 Å². The molecular weight excluding hydrogens is 396 g/mol. The molecule has 0 aromatic rings. The molecule has 6 nitrogen and oxygen atoms in total. The van der Waals surface area contributed by atoms with Gasteiger partial charge in [0, 0.05) is 0 Å². The van der Waals surface area contributed by atoms with Gasteiger partial charge >= 0.3 is 17.9 Å². The fraction of sp³-hybridized carbons (Fsp3) is 0.880. The summed E-state index contributed by atoms with van der Waals surface area (Å²) in [6.45, 7) is 0. The summed E-state index contributed by atoms with van der Waals surface area (Å²) in [5.74, 6) is -3.98. The van der Waals surface area contributed by atoms with Crippen LogP contribution in [0.5, 0.6) is 0 Å². The summed E-state index contributed by atoms with van der Waals surface area (Å²) in [4.78, 5) is 39.0. The summed E-state index contributed by atoms with van der Waals surface area (Å²) in [6, 6.07) is 0. The van der Waals surface area contributed by atoms with Crippen LogP contribution in [0.3, 0.4) is 0 Å². The third-order valence-corrected chi connectivity index (χ3v) is 6.96. The van der Waals surface area contributed by atoms with Crippen molar-refractivity contribution in [3.63, 3.8) is 0 Å². The van der Waals surface area contributed by atoms with Gasteiger partial charge < -0.3 is 14.2 Å². The summed E-state index contributed by atoms with van der Waals surface area (Å²) in [5, 5.41) is 0. The Bertz CT molecular complexity index is 484. The van der Waals surface area contributed by atoms with Crippen LogP contribution in [0.1, 0.15) is 116 Å². The summed E-state index contributed by atoms with van der Waals surface area (Å²) >= 11 is 0. The molecule has 31 heavy (non-hydrogen) atoms. The number of carbonyl (C=O) groups excluding carboxylic acids is 3. The maximum Gasteiger partial charge on any atom is 0.332 e. The minimum atomic E-state index is -1.62. The van der Waals surface area contributed by atoms with Gasteiger partial charge in [-0.3, -0.25) is 14.4 Å². The number of carbonyl (C=O) groups is 3. The Kier molecular flexibility index (Phi) is 10.1. The van der Waals surface area contributed by atoms with E-state index >= 15 is 0 Å². The van der Waals surface area contributed by atoms with Crippen LogP contribution >= 0.6 is 0 Å². The Morgan fingerprint density at radius 2 is 0.645 bits per heavy atom. The molecule has 0 saturated heterocycles. The third-order valence-electron chi connectivity index (χ3n) is 6.96. The van der Waals surface area contributed by atoms with Gasteiger partial charge in [-0.1, -0.05) is 38.5 Å². The summed E-state index contributed by atoms with van der Waals surface area (Å²) < 4.78 is 17.0. The molecular formula is C25H40O6. The maximum absolute atomic E-state index is 13.0. The second kappa shape index (κ2) is 13.1. The third kappa shape index (κ3) is 8.12. The molecule has 0 aromatic carbocycles. The van der Waals surface area contributed by atoms with Crippen LogP contribution in [0.4, 0.5) is 0 Å². The Morgan fingerprint density at radius 1 is 0.419 bits per heavy atom. The van der Waals surface area contributed by atoms with E-state index in [-0.39, 0.29) is 18.3 Å². The molecule has 0 unspecified atom stereocenters. The predicted octanol–water partition coefficient (Wildman–Crippen LogP) is 5.40. The van der Waals surface area contributed by atoms with Gasteiger partial charge in [0.1, 0.15) is 18.3 Å². The van der Waals surface area contributed by atoms with Gasteiger partial charge in [-0.05, 0) is 77.0 Å². The normalized spacial score (nSPS) is 22.7. The van der Waals surface area contributed by atoms with Gasteiger partial charge in [-0.25, -0.2) is 0 Å². The number of rotatable bonds is 6. The molecule has 176 valence electrons. The zero-order chi connectivity index (χ0) is 21.9. The molecule has 0 aromatic heterocycles. The zero-order valence-electron chi connectivity index (χ0n) is 19.0. The molecule has 0 N–H and O–H groups in total. The van der Waals surface area contributed by atoms with Crippen LogP contribution in [0, 0.1) is 5.92 Å². The fourth-order valence-corrected chi connectivity index (χ4v) is 5.06. The van der Waals surface area contributed by atoms with Gasteiger partial charge in [-0.2, -0.15) is 0 Å². The van der Waals surface area contributed by atoms with E-state index in [1.165, 1.54) is 0 Å². The number of esters is 3. The Morgan fingerprint density at radius 3 is 0.871 bits per heavy atom. The number of hydrogen-bond donors (Lipinski definition) is 0.